The second-order valence-corrected chi connectivity index (χ2v) is 6.14. The Morgan fingerprint density at radius 1 is 1.04 bits per heavy atom. The first-order valence-corrected chi connectivity index (χ1v) is 8.47. The summed E-state index contributed by atoms with van der Waals surface area (Å²) in [6.07, 6.45) is 3.08. The van der Waals surface area contributed by atoms with Crippen molar-refractivity contribution in [2.75, 3.05) is 31.1 Å². The highest BCUT2D eigenvalue weighted by Gasteiger charge is 2.22. The van der Waals surface area contributed by atoms with Gasteiger partial charge in [0.05, 0.1) is 17.2 Å². The van der Waals surface area contributed by atoms with Crippen LogP contribution >= 0.6 is 0 Å². The van der Waals surface area contributed by atoms with Gasteiger partial charge >= 0.3 is 0 Å². The Kier molecular flexibility index (Phi) is 4.30. The van der Waals surface area contributed by atoms with Gasteiger partial charge in [0.2, 0.25) is 5.91 Å². The summed E-state index contributed by atoms with van der Waals surface area (Å²) in [5.41, 5.74) is 0.445. The highest BCUT2D eigenvalue weighted by Crippen LogP contribution is 2.12. The monoisotopic (exact) mass is 350 g/mol. The largest absolute Gasteiger partial charge is 0.352 e. The summed E-state index contributed by atoms with van der Waals surface area (Å²) < 4.78 is 1.37. The lowest BCUT2D eigenvalue weighted by Crippen LogP contribution is -2.50. The van der Waals surface area contributed by atoms with Crippen molar-refractivity contribution in [2.24, 2.45) is 0 Å². The van der Waals surface area contributed by atoms with Crippen LogP contribution < -0.4 is 10.5 Å². The van der Waals surface area contributed by atoms with Gasteiger partial charge in [-0.05, 0) is 24.3 Å². The summed E-state index contributed by atoms with van der Waals surface area (Å²) in [7, 11) is 0. The molecule has 132 valence electrons. The molecule has 2 aromatic heterocycles. The van der Waals surface area contributed by atoms with E-state index in [4.69, 9.17) is 0 Å². The Morgan fingerprint density at radius 2 is 1.85 bits per heavy atom. The molecule has 0 saturated carbocycles. The minimum absolute atomic E-state index is 0.00180. The van der Waals surface area contributed by atoms with E-state index in [0.717, 1.165) is 5.82 Å². The van der Waals surface area contributed by atoms with Crippen LogP contribution in [0.2, 0.25) is 0 Å². The smallest absolute Gasteiger partial charge is 0.261 e. The van der Waals surface area contributed by atoms with E-state index in [1.807, 2.05) is 18.2 Å². The van der Waals surface area contributed by atoms with Crippen molar-refractivity contribution in [3.63, 3.8) is 0 Å². The van der Waals surface area contributed by atoms with Gasteiger partial charge in [0.15, 0.2) is 5.82 Å². The van der Waals surface area contributed by atoms with Crippen molar-refractivity contribution < 1.29 is 4.79 Å². The van der Waals surface area contributed by atoms with Gasteiger partial charge in [-0.25, -0.2) is 4.98 Å². The highest BCUT2D eigenvalue weighted by atomic mass is 16.2. The summed E-state index contributed by atoms with van der Waals surface area (Å²) >= 11 is 0. The lowest BCUT2D eigenvalue weighted by molar-refractivity contribution is -0.132. The number of amides is 1. The molecule has 1 saturated heterocycles. The number of rotatable bonds is 3. The molecule has 3 heterocycles. The SMILES string of the molecule is O=C(Cn1cnc2ccccc2c1=O)N1CCN(c2cccnn2)CC1. The number of hydrogen-bond donors (Lipinski definition) is 0. The first-order chi connectivity index (χ1) is 12.7. The lowest BCUT2D eigenvalue weighted by atomic mass is 10.2. The van der Waals surface area contributed by atoms with E-state index in [2.05, 4.69) is 20.1 Å². The number of hydrogen-bond acceptors (Lipinski definition) is 6. The quantitative estimate of drug-likeness (QED) is 0.685. The minimum atomic E-state index is -0.192. The van der Waals surface area contributed by atoms with Gasteiger partial charge in [-0.1, -0.05) is 12.1 Å². The molecule has 8 heteroatoms. The molecule has 0 N–H and O–H groups in total. The fourth-order valence-electron chi connectivity index (χ4n) is 3.11. The molecule has 26 heavy (non-hydrogen) atoms. The standard InChI is InChI=1S/C18H18N6O2/c25-17(12-24-13-19-15-5-2-1-4-14(15)18(24)26)23-10-8-22(9-11-23)16-6-3-7-20-21-16/h1-7,13H,8-12H2. The van der Waals surface area contributed by atoms with E-state index in [1.165, 1.54) is 10.9 Å². The fourth-order valence-corrected chi connectivity index (χ4v) is 3.11. The Bertz CT molecular complexity index is 980. The van der Waals surface area contributed by atoms with Crippen LogP contribution in [0.15, 0.2) is 53.7 Å². The molecule has 3 aromatic rings. The van der Waals surface area contributed by atoms with Crippen LogP contribution in [0.3, 0.4) is 0 Å². The van der Waals surface area contributed by atoms with Gasteiger partial charge in [-0.2, -0.15) is 5.10 Å². The zero-order valence-electron chi connectivity index (χ0n) is 14.2. The van der Waals surface area contributed by atoms with Gasteiger partial charge in [0.1, 0.15) is 6.54 Å². The van der Waals surface area contributed by atoms with E-state index < -0.39 is 0 Å². The number of carbonyl (C=O) groups excluding carboxylic acids is 1. The molecule has 0 spiro atoms. The average Bonchev–Trinajstić information content (AvgIpc) is 2.71. The molecule has 0 bridgehead atoms. The number of nitrogens with zero attached hydrogens (tertiary/aromatic N) is 6. The zero-order valence-corrected chi connectivity index (χ0v) is 14.2. The maximum atomic E-state index is 12.6. The predicted molar refractivity (Wildman–Crippen MR) is 96.8 cm³/mol. The summed E-state index contributed by atoms with van der Waals surface area (Å²) in [5.74, 6) is 0.734. The Labute approximate surface area is 149 Å². The number of aromatic nitrogens is 4. The molecule has 1 aromatic carbocycles. The third kappa shape index (κ3) is 3.13. The van der Waals surface area contributed by atoms with Crippen LogP contribution in [-0.4, -0.2) is 56.7 Å². The molecule has 0 aliphatic carbocycles. The van der Waals surface area contributed by atoms with Crippen molar-refractivity contribution in [3.8, 4) is 0 Å². The number of fused-ring (bicyclic) bond motifs is 1. The summed E-state index contributed by atoms with van der Waals surface area (Å²) in [5, 5.41) is 8.51. The van der Waals surface area contributed by atoms with Crippen LogP contribution in [0.5, 0.6) is 0 Å². The van der Waals surface area contributed by atoms with Crippen molar-refractivity contribution >= 4 is 22.6 Å². The van der Waals surface area contributed by atoms with E-state index in [1.54, 1.807) is 29.3 Å². The average molecular weight is 350 g/mol. The van der Waals surface area contributed by atoms with Crippen molar-refractivity contribution in [1.82, 2.24) is 24.6 Å². The van der Waals surface area contributed by atoms with E-state index in [-0.39, 0.29) is 18.0 Å². The summed E-state index contributed by atoms with van der Waals surface area (Å²) in [4.78, 5) is 33.2. The molecule has 1 aliphatic heterocycles. The Hall–Kier alpha value is -3.29. The van der Waals surface area contributed by atoms with Crippen LogP contribution in [0.1, 0.15) is 0 Å². The van der Waals surface area contributed by atoms with Crippen LogP contribution in [-0.2, 0) is 11.3 Å². The topological polar surface area (TPSA) is 84.2 Å². The second-order valence-electron chi connectivity index (χ2n) is 6.14. The predicted octanol–water partition coefficient (Wildman–Crippen LogP) is 0.535. The zero-order chi connectivity index (χ0) is 17.9. The van der Waals surface area contributed by atoms with Gasteiger partial charge in [0.25, 0.3) is 5.56 Å². The molecule has 4 rings (SSSR count). The van der Waals surface area contributed by atoms with Crippen LogP contribution in [0.4, 0.5) is 5.82 Å². The van der Waals surface area contributed by atoms with E-state index in [9.17, 15) is 9.59 Å². The first-order valence-electron chi connectivity index (χ1n) is 8.47. The number of carbonyl (C=O) groups is 1. The third-order valence-corrected chi connectivity index (χ3v) is 4.55. The number of benzene rings is 1. The summed E-state index contributed by atoms with van der Waals surface area (Å²) in [6, 6.07) is 10.9. The van der Waals surface area contributed by atoms with Gasteiger partial charge in [0, 0.05) is 32.4 Å². The molecule has 0 unspecified atom stereocenters. The van der Waals surface area contributed by atoms with Crippen molar-refractivity contribution in [3.05, 3.63) is 59.3 Å². The van der Waals surface area contributed by atoms with Crippen LogP contribution in [0, 0.1) is 0 Å². The first kappa shape index (κ1) is 16.2. The van der Waals surface area contributed by atoms with Gasteiger partial charge in [-0.3, -0.25) is 14.2 Å². The minimum Gasteiger partial charge on any atom is -0.352 e. The van der Waals surface area contributed by atoms with Crippen LogP contribution in [0.25, 0.3) is 10.9 Å². The van der Waals surface area contributed by atoms with Crippen molar-refractivity contribution in [2.45, 2.75) is 6.54 Å². The van der Waals surface area contributed by atoms with E-state index in [0.29, 0.717) is 37.1 Å². The Balaban J connectivity index is 1.43. The van der Waals surface area contributed by atoms with E-state index >= 15 is 0 Å². The van der Waals surface area contributed by atoms with Crippen molar-refractivity contribution in [1.29, 1.82) is 0 Å². The molecule has 1 amide bonds. The third-order valence-electron chi connectivity index (χ3n) is 4.55. The maximum Gasteiger partial charge on any atom is 0.261 e. The molecular weight excluding hydrogens is 332 g/mol. The number of para-hydroxylation sites is 1. The second kappa shape index (κ2) is 6.91. The lowest BCUT2D eigenvalue weighted by Gasteiger charge is -2.35. The molecule has 0 radical (unpaired) electrons. The molecule has 1 aliphatic rings. The maximum absolute atomic E-state index is 12.6. The normalized spacial score (nSPS) is 14.6. The van der Waals surface area contributed by atoms with Gasteiger partial charge < -0.3 is 9.80 Å². The fraction of sp³-hybridized carbons (Fsp3) is 0.278. The molecule has 1 fully saturated rings. The summed E-state index contributed by atoms with van der Waals surface area (Å²) in [6.45, 7) is 2.56. The molecular formula is C18H18N6O2. The Morgan fingerprint density at radius 3 is 2.62 bits per heavy atom. The highest BCUT2D eigenvalue weighted by molar-refractivity contribution is 5.79. The number of anilines is 1. The molecule has 0 atom stereocenters. The van der Waals surface area contributed by atoms with Gasteiger partial charge in [-0.15, -0.1) is 5.10 Å². The molecule has 8 nitrogen and oxygen atoms in total. The number of piperazine rings is 1.